The molecule has 0 radical (unpaired) electrons. The predicted octanol–water partition coefficient (Wildman–Crippen LogP) is 4.08. The maximum atomic E-state index is 12.6. The minimum atomic E-state index is -0.267. The Bertz CT molecular complexity index is 819. The Hall–Kier alpha value is -2.20. The molecule has 1 aliphatic carbocycles. The van der Waals surface area contributed by atoms with Crippen LogP contribution in [-0.4, -0.2) is 17.4 Å². The largest absolute Gasteiger partial charge is 0.355 e. The smallest absolute Gasteiger partial charge is 0.230 e. The molecule has 0 bridgehead atoms. The van der Waals surface area contributed by atoms with Gasteiger partial charge in [-0.2, -0.15) is 0 Å². The molecule has 0 aliphatic heterocycles. The van der Waals surface area contributed by atoms with E-state index in [-0.39, 0.29) is 11.3 Å². The number of fused-ring (bicyclic) bond motifs is 1. The Morgan fingerprint density at radius 3 is 2.58 bits per heavy atom. The highest BCUT2D eigenvalue weighted by Gasteiger charge is 2.50. The van der Waals surface area contributed by atoms with Crippen molar-refractivity contribution in [2.24, 2.45) is 0 Å². The summed E-state index contributed by atoms with van der Waals surface area (Å²) in [5.74, 6) is 0.179. The first-order chi connectivity index (χ1) is 11.8. The van der Waals surface area contributed by atoms with Crippen LogP contribution in [0.1, 0.15) is 29.8 Å². The molecule has 0 spiro atoms. The second-order valence-corrected chi connectivity index (χ2v) is 7.50. The summed E-state index contributed by atoms with van der Waals surface area (Å²) in [4.78, 5) is 17.2. The van der Waals surface area contributed by atoms with Crippen LogP contribution in [0.5, 0.6) is 0 Å². The van der Waals surface area contributed by atoms with Gasteiger partial charge in [0.2, 0.25) is 5.91 Å². The first-order valence-electron chi connectivity index (χ1n) is 8.46. The van der Waals surface area contributed by atoms with Crippen LogP contribution in [0.3, 0.4) is 0 Å². The van der Waals surface area contributed by atoms with Crippen LogP contribution >= 0.6 is 11.3 Å². The number of amides is 1. The van der Waals surface area contributed by atoms with Crippen molar-refractivity contribution in [1.29, 1.82) is 0 Å². The van der Waals surface area contributed by atoms with E-state index in [9.17, 15) is 4.79 Å². The molecule has 1 heterocycles. The third-order valence-electron chi connectivity index (χ3n) is 4.70. The normalized spacial score (nSPS) is 15.3. The summed E-state index contributed by atoms with van der Waals surface area (Å²) in [6, 6.07) is 18.4. The number of carbonyl (C=O) groups excluding carboxylic acids is 1. The fourth-order valence-corrected chi connectivity index (χ4v) is 4.18. The fourth-order valence-electron chi connectivity index (χ4n) is 3.17. The second-order valence-electron chi connectivity index (χ2n) is 6.38. The van der Waals surface area contributed by atoms with Crippen molar-refractivity contribution >= 4 is 27.5 Å². The quantitative estimate of drug-likeness (QED) is 0.689. The maximum Gasteiger partial charge on any atom is 0.230 e. The molecule has 2 aromatic carbocycles. The molecule has 3 nitrogen and oxygen atoms in total. The molecule has 3 aromatic rings. The first kappa shape index (κ1) is 15.3. The molecule has 24 heavy (non-hydrogen) atoms. The molecule has 4 rings (SSSR count). The number of hydrogen-bond donors (Lipinski definition) is 1. The molecule has 1 saturated carbocycles. The zero-order valence-corrected chi connectivity index (χ0v) is 14.3. The fraction of sp³-hybridized carbons (Fsp3) is 0.300. The van der Waals surface area contributed by atoms with Gasteiger partial charge in [0.1, 0.15) is 0 Å². The number of nitrogens with zero attached hydrogens (tertiary/aromatic N) is 1. The lowest BCUT2D eigenvalue weighted by Crippen LogP contribution is -2.35. The van der Waals surface area contributed by atoms with Crippen molar-refractivity contribution in [3.8, 4) is 0 Å². The molecule has 0 unspecified atom stereocenters. The lowest BCUT2D eigenvalue weighted by molar-refractivity contribution is -0.123. The number of nitrogens with one attached hydrogen (secondary N) is 1. The summed E-state index contributed by atoms with van der Waals surface area (Å²) in [7, 11) is 0. The van der Waals surface area contributed by atoms with Gasteiger partial charge in [0, 0.05) is 13.0 Å². The average Bonchev–Trinajstić information content (AvgIpc) is 3.33. The number of carbonyl (C=O) groups is 1. The van der Waals surface area contributed by atoms with E-state index in [1.165, 1.54) is 4.70 Å². The maximum absolute atomic E-state index is 12.6. The molecule has 4 heteroatoms. The minimum Gasteiger partial charge on any atom is -0.355 e. The summed E-state index contributed by atoms with van der Waals surface area (Å²) in [5.41, 5.74) is 1.95. The van der Waals surface area contributed by atoms with Crippen LogP contribution in [-0.2, 0) is 16.6 Å². The number of hydrogen-bond acceptors (Lipinski definition) is 3. The molecule has 1 aromatic heterocycles. The van der Waals surface area contributed by atoms with Crippen molar-refractivity contribution in [3.63, 3.8) is 0 Å². The van der Waals surface area contributed by atoms with E-state index in [0.29, 0.717) is 6.54 Å². The number of benzene rings is 2. The molecule has 0 atom stereocenters. The molecule has 122 valence electrons. The van der Waals surface area contributed by atoms with Crippen molar-refractivity contribution in [1.82, 2.24) is 10.3 Å². The van der Waals surface area contributed by atoms with Gasteiger partial charge in [-0.3, -0.25) is 4.79 Å². The van der Waals surface area contributed by atoms with Crippen LogP contribution in [0.4, 0.5) is 0 Å². The topological polar surface area (TPSA) is 42.0 Å². The Morgan fingerprint density at radius 2 is 1.83 bits per heavy atom. The van der Waals surface area contributed by atoms with E-state index in [1.807, 2.05) is 36.4 Å². The van der Waals surface area contributed by atoms with Crippen molar-refractivity contribution in [3.05, 3.63) is 65.2 Å². The summed E-state index contributed by atoms with van der Waals surface area (Å²) in [6.07, 6.45) is 3.76. The second kappa shape index (κ2) is 6.36. The number of aryl methyl sites for hydroxylation is 1. The van der Waals surface area contributed by atoms with Crippen LogP contribution in [0.2, 0.25) is 0 Å². The van der Waals surface area contributed by atoms with Crippen molar-refractivity contribution in [2.45, 2.75) is 31.1 Å². The van der Waals surface area contributed by atoms with Gasteiger partial charge in [0.15, 0.2) is 0 Å². The van der Waals surface area contributed by atoms with Crippen molar-refractivity contribution in [2.75, 3.05) is 6.54 Å². The third kappa shape index (κ3) is 2.94. The SMILES string of the molecule is O=C(NCCCc1nc2ccccc2s1)C1(c2ccccc2)CC1. The Balaban J connectivity index is 1.30. The standard InChI is InChI=1S/C20H20N2OS/c23-19(20(12-13-20)15-7-2-1-3-8-15)21-14-6-11-18-22-16-9-4-5-10-17(16)24-18/h1-5,7-10H,6,11-14H2,(H,21,23). The van der Waals surface area contributed by atoms with Crippen LogP contribution in [0, 0.1) is 0 Å². The van der Waals surface area contributed by atoms with Gasteiger partial charge in [-0.05, 0) is 37.0 Å². The number of thiazole rings is 1. The van der Waals surface area contributed by atoms with E-state index in [0.717, 1.165) is 41.8 Å². The van der Waals surface area contributed by atoms with E-state index in [1.54, 1.807) is 11.3 Å². The van der Waals surface area contributed by atoms with Gasteiger partial charge in [0.25, 0.3) is 0 Å². The van der Waals surface area contributed by atoms with Gasteiger partial charge in [-0.1, -0.05) is 42.5 Å². The molecule has 1 N–H and O–H groups in total. The Kier molecular flexibility index (Phi) is 4.07. The Labute approximate surface area is 145 Å². The summed E-state index contributed by atoms with van der Waals surface area (Å²) < 4.78 is 1.23. The predicted molar refractivity (Wildman–Crippen MR) is 98.3 cm³/mol. The molecule has 1 fully saturated rings. The highest BCUT2D eigenvalue weighted by atomic mass is 32.1. The monoisotopic (exact) mass is 336 g/mol. The molecule has 0 saturated heterocycles. The van der Waals surface area contributed by atoms with Crippen LogP contribution in [0.25, 0.3) is 10.2 Å². The highest BCUT2D eigenvalue weighted by Crippen LogP contribution is 2.48. The summed E-state index contributed by atoms with van der Waals surface area (Å²) >= 11 is 1.75. The van der Waals surface area contributed by atoms with Gasteiger partial charge >= 0.3 is 0 Å². The summed E-state index contributed by atoms with van der Waals surface area (Å²) in [6.45, 7) is 0.712. The number of aromatic nitrogens is 1. The van der Waals surface area contributed by atoms with Gasteiger partial charge in [-0.15, -0.1) is 11.3 Å². The van der Waals surface area contributed by atoms with Crippen molar-refractivity contribution < 1.29 is 4.79 Å². The van der Waals surface area contributed by atoms with E-state index < -0.39 is 0 Å². The highest BCUT2D eigenvalue weighted by molar-refractivity contribution is 7.18. The number of para-hydroxylation sites is 1. The van der Waals surface area contributed by atoms with Gasteiger partial charge in [0.05, 0.1) is 20.6 Å². The Morgan fingerprint density at radius 1 is 1.08 bits per heavy atom. The van der Waals surface area contributed by atoms with Crippen LogP contribution in [0.15, 0.2) is 54.6 Å². The van der Waals surface area contributed by atoms with Gasteiger partial charge < -0.3 is 5.32 Å². The third-order valence-corrected chi connectivity index (χ3v) is 5.80. The number of rotatable bonds is 6. The van der Waals surface area contributed by atoms with E-state index >= 15 is 0 Å². The van der Waals surface area contributed by atoms with Crippen LogP contribution < -0.4 is 5.32 Å². The van der Waals surface area contributed by atoms with E-state index in [4.69, 9.17) is 0 Å². The zero-order valence-electron chi connectivity index (χ0n) is 13.5. The zero-order chi connectivity index (χ0) is 16.4. The first-order valence-corrected chi connectivity index (χ1v) is 9.28. The molecule has 1 aliphatic rings. The average molecular weight is 336 g/mol. The summed E-state index contributed by atoms with van der Waals surface area (Å²) in [5, 5.41) is 4.27. The lowest BCUT2D eigenvalue weighted by atomic mass is 9.95. The van der Waals surface area contributed by atoms with Gasteiger partial charge in [-0.25, -0.2) is 4.98 Å². The minimum absolute atomic E-state index is 0.179. The molecule has 1 amide bonds. The molecular formula is C20H20N2OS. The molecular weight excluding hydrogens is 316 g/mol. The van der Waals surface area contributed by atoms with E-state index in [2.05, 4.69) is 28.5 Å². The lowest BCUT2D eigenvalue weighted by Gasteiger charge is -2.15.